The van der Waals surface area contributed by atoms with Gasteiger partial charge in [-0.25, -0.2) is 4.39 Å². The lowest BCUT2D eigenvalue weighted by atomic mass is 10.2. The van der Waals surface area contributed by atoms with Crippen LogP contribution in [0.15, 0.2) is 95.7 Å². The first-order valence-corrected chi connectivity index (χ1v) is 11.1. The van der Waals surface area contributed by atoms with Crippen molar-refractivity contribution in [3.05, 3.63) is 120 Å². The summed E-state index contributed by atoms with van der Waals surface area (Å²) in [5.74, 6) is 0.505. The third-order valence-electron chi connectivity index (χ3n) is 5.43. The van der Waals surface area contributed by atoms with E-state index in [-0.39, 0.29) is 12.4 Å². The second kappa shape index (κ2) is 11.6. The van der Waals surface area contributed by atoms with Crippen molar-refractivity contribution in [2.75, 3.05) is 13.2 Å². The lowest BCUT2D eigenvalue weighted by Crippen LogP contribution is -2.34. The van der Waals surface area contributed by atoms with E-state index < -0.39 is 6.10 Å². The van der Waals surface area contributed by atoms with Gasteiger partial charge in [0.15, 0.2) is 0 Å². The van der Waals surface area contributed by atoms with Gasteiger partial charge in [0, 0.05) is 38.1 Å². The molecule has 1 atom stereocenters. The minimum Gasteiger partial charge on any atom is -0.467 e. The van der Waals surface area contributed by atoms with Crippen molar-refractivity contribution in [2.45, 2.75) is 32.3 Å². The van der Waals surface area contributed by atoms with Crippen molar-refractivity contribution in [3.63, 3.8) is 0 Å². The second-order valence-corrected chi connectivity index (χ2v) is 8.16. The Hall–Kier alpha value is -3.19. The number of furan rings is 1. The van der Waals surface area contributed by atoms with Crippen LogP contribution in [0.2, 0.25) is 0 Å². The van der Waals surface area contributed by atoms with Gasteiger partial charge < -0.3 is 18.8 Å². The molecule has 33 heavy (non-hydrogen) atoms. The summed E-state index contributed by atoms with van der Waals surface area (Å²) in [5, 5.41) is 10.6. The third kappa shape index (κ3) is 7.15. The third-order valence-corrected chi connectivity index (χ3v) is 5.43. The van der Waals surface area contributed by atoms with Crippen LogP contribution in [-0.2, 0) is 31.0 Å². The molecule has 0 spiro atoms. The lowest BCUT2D eigenvalue weighted by molar-refractivity contribution is 0.00222. The average molecular weight is 449 g/mol. The van der Waals surface area contributed by atoms with Crippen LogP contribution in [0, 0.1) is 5.82 Å². The molecule has 6 heteroatoms. The van der Waals surface area contributed by atoms with Crippen LogP contribution in [-0.4, -0.2) is 33.8 Å². The van der Waals surface area contributed by atoms with Gasteiger partial charge in [0.1, 0.15) is 18.2 Å². The van der Waals surface area contributed by atoms with Crippen molar-refractivity contribution < 1.29 is 18.7 Å². The van der Waals surface area contributed by atoms with E-state index in [1.807, 2.05) is 42.6 Å². The van der Waals surface area contributed by atoms with E-state index >= 15 is 0 Å². The van der Waals surface area contributed by atoms with Gasteiger partial charge in [-0.1, -0.05) is 42.5 Å². The SMILES string of the molecule is OC(COCc1ccco1)CN(Cc1ccccc1)Cc1cccn1Cc1ccc(F)cc1. The number of halogens is 1. The van der Waals surface area contributed by atoms with E-state index in [1.54, 1.807) is 18.4 Å². The number of aliphatic hydroxyl groups excluding tert-OH is 1. The Bertz CT molecular complexity index is 1080. The summed E-state index contributed by atoms with van der Waals surface area (Å²) in [7, 11) is 0. The molecule has 0 aliphatic carbocycles. The number of aromatic nitrogens is 1. The summed E-state index contributed by atoms with van der Waals surface area (Å²) < 4.78 is 26.3. The monoisotopic (exact) mass is 448 g/mol. The highest BCUT2D eigenvalue weighted by atomic mass is 19.1. The molecule has 2 aromatic carbocycles. The van der Waals surface area contributed by atoms with E-state index in [1.165, 1.54) is 17.7 Å². The van der Waals surface area contributed by atoms with Crippen LogP contribution < -0.4 is 0 Å². The van der Waals surface area contributed by atoms with Gasteiger partial charge in [-0.15, -0.1) is 0 Å². The van der Waals surface area contributed by atoms with Gasteiger partial charge in [0.05, 0.1) is 19.0 Å². The molecule has 2 aromatic heterocycles. The molecule has 0 amide bonds. The van der Waals surface area contributed by atoms with E-state index in [0.29, 0.717) is 32.8 Å². The fourth-order valence-electron chi connectivity index (χ4n) is 3.83. The molecular formula is C27H29FN2O3. The van der Waals surface area contributed by atoms with E-state index in [2.05, 4.69) is 27.7 Å². The molecule has 4 rings (SSSR count). The summed E-state index contributed by atoms with van der Waals surface area (Å²) in [6, 6.07) is 24.6. The number of ether oxygens (including phenoxy) is 1. The molecule has 0 aliphatic rings. The zero-order valence-electron chi connectivity index (χ0n) is 18.5. The number of rotatable bonds is 12. The van der Waals surface area contributed by atoms with Gasteiger partial charge in [-0.3, -0.25) is 4.90 Å². The minimum absolute atomic E-state index is 0.225. The predicted octanol–water partition coefficient (Wildman–Crippen LogP) is 4.85. The number of nitrogens with zero attached hydrogens (tertiary/aromatic N) is 2. The molecule has 0 saturated heterocycles. The summed E-state index contributed by atoms with van der Waals surface area (Å²) in [5.41, 5.74) is 3.34. The van der Waals surface area contributed by atoms with E-state index in [0.717, 1.165) is 17.0 Å². The molecule has 2 heterocycles. The number of benzene rings is 2. The molecule has 1 unspecified atom stereocenters. The normalized spacial score (nSPS) is 12.3. The van der Waals surface area contributed by atoms with Gasteiger partial charge in [-0.05, 0) is 47.5 Å². The summed E-state index contributed by atoms with van der Waals surface area (Å²) in [6.07, 6.45) is 3.00. The molecule has 5 nitrogen and oxygen atoms in total. The van der Waals surface area contributed by atoms with Crippen LogP contribution in [0.1, 0.15) is 22.6 Å². The topological polar surface area (TPSA) is 50.8 Å². The first-order valence-electron chi connectivity index (χ1n) is 11.1. The summed E-state index contributed by atoms with van der Waals surface area (Å²) in [4.78, 5) is 2.22. The molecule has 4 aromatic rings. The second-order valence-electron chi connectivity index (χ2n) is 8.16. The Morgan fingerprint density at radius 1 is 0.909 bits per heavy atom. The average Bonchev–Trinajstić information content (AvgIpc) is 3.48. The fraction of sp³-hybridized carbons (Fsp3) is 0.259. The standard InChI is InChI=1S/C27H29FN2O3/c28-24-12-10-23(11-13-24)17-30-14-4-8-25(30)18-29(16-22-6-2-1-3-7-22)19-26(31)20-32-21-27-9-5-15-33-27/h1-15,26,31H,16-21H2. The first-order chi connectivity index (χ1) is 16.2. The Morgan fingerprint density at radius 3 is 2.48 bits per heavy atom. The maximum atomic E-state index is 13.3. The maximum absolute atomic E-state index is 13.3. The quantitative estimate of drug-likeness (QED) is 0.337. The predicted molar refractivity (Wildman–Crippen MR) is 125 cm³/mol. The molecule has 172 valence electrons. The Kier molecular flexibility index (Phi) is 8.09. The number of hydrogen-bond acceptors (Lipinski definition) is 4. The van der Waals surface area contributed by atoms with E-state index in [4.69, 9.17) is 9.15 Å². The Morgan fingerprint density at radius 2 is 1.73 bits per heavy atom. The molecule has 0 saturated carbocycles. The van der Waals surface area contributed by atoms with Crippen LogP contribution in [0.4, 0.5) is 4.39 Å². The number of aliphatic hydroxyl groups is 1. The van der Waals surface area contributed by atoms with Crippen LogP contribution in [0.3, 0.4) is 0 Å². The van der Waals surface area contributed by atoms with Gasteiger partial charge in [0.25, 0.3) is 0 Å². The Labute approximate surface area is 193 Å². The summed E-state index contributed by atoms with van der Waals surface area (Å²) in [6.45, 7) is 3.06. The first kappa shape index (κ1) is 23.0. The highest BCUT2D eigenvalue weighted by Crippen LogP contribution is 2.15. The molecule has 0 bridgehead atoms. The zero-order valence-corrected chi connectivity index (χ0v) is 18.5. The molecule has 1 N–H and O–H groups in total. The minimum atomic E-state index is -0.635. The van der Waals surface area contributed by atoms with Gasteiger partial charge >= 0.3 is 0 Å². The van der Waals surface area contributed by atoms with Crippen molar-refractivity contribution in [2.24, 2.45) is 0 Å². The van der Waals surface area contributed by atoms with Crippen molar-refractivity contribution in [1.82, 2.24) is 9.47 Å². The van der Waals surface area contributed by atoms with Gasteiger partial charge in [0.2, 0.25) is 0 Å². The van der Waals surface area contributed by atoms with Crippen LogP contribution in [0.5, 0.6) is 0 Å². The fourth-order valence-corrected chi connectivity index (χ4v) is 3.83. The smallest absolute Gasteiger partial charge is 0.129 e. The van der Waals surface area contributed by atoms with Crippen molar-refractivity contribution >= 4 is 0 Å². The largest absolute Gasteiger partial charge is 0.467 e. The van der Waals surface area contributed by atoms with Gasteiger partial charge in [-0.2, -0.15) is 0 Å². The zero-order chi connectivity index (χ0) is 22.9. The van der Waals surface area contributed by atoms with Crippen LogP contribution >= 0.6 is 0 Å². The molecule has 0 radical (unpaired) electrons. The summed E-state index contributed by atoms with van der Waals surface area (Å²) >= 11 is 0. The molecular weight excluding hydrogens is 419 g/mol. The highest BCUT2D eigenvalue weighted by Gasteiger charge is 2.15. The maximum Gasteiger partial charge on any atom is 0.129 e. The highest BCUT2D eigenvalue weighted by molar-refractivity contribution is 5.19. The van der Waals surface area contributed by atoms with E-state index in [9.17, 15) is 9.50 Å². The molecule has 0 fully saturated rings. The van der Waals surface area contributed by atoms with Crippen molar-refractivity contribution in [1.29, 1.82) is 0 Å². The van der Waals surface area contributed by atoms with Crippen LogP contribution in [0.25, 0.3) is 0 Å². The Balaban J connectivity index is 1.40. The number of hydrogen-bond donors (Lipinski definition) is 1. The molecule has 0 aliphatic heterocycles. The van der Waals surface area contributed by atoms with Crippen molar-refractivity contribution in [3.8, 4) is 0 Å². The lowest BCUT2D eigenvalue weighted by Gasteiger charge is -2.26.